The van der Waals surface area contributed by atoms with Crippen LogP contribution in [0.1, 0.15) is 79.1 Å². The van der Waals surface area contributed by atoms with Gasteiger partial charge in [-0.05, 0) is 0 Å². The van der Waals surface area contributed by atoms with Crippen LogP contribution in [0.2, 0.25) is 0 Å². The van der Waals surface area contributed by atoms with Gasteiger partial charge in [0.15, 0.2) is 0 Å². The Kier molecular flexibility index (Phi) is 20.1. The normalized spacial score (nSPS) is 13.2. The molecule has 0 fully saturated rings. The second-order valence-electron chi connectivity index (χ2n) is 6.86. The van der Waals surface area contributed by atoms with Gasteiger partial charge in [-0.25, -0.2) is 0 Å². The van der Waals surface area contributed by atoms with Gasteiger partial charge in [0.2, 0.25) is 0 Å². The number of ether oxygens (including phenoxy) is 2. The zero-order chi connectivity index (χ0) is 20.3. The molecule has 0 spiro atoms. The summed E-state index contributed by atoms with van der Waals surface area (Å²) in [5, 5.41) is 0. The molecule has 2 atom stereocenters. The maximum absolute atomic E-state index is 11.8. The predicted molar refractivity (Wildman–Crippen MR) is 119 cm³/mol. The standard InChI is InChI=1S/2C10H20O2S.Sn/c2*1-3-5-6-9(4-2)7-12-10(11)8-13;/h2*9,13H,3-8H2,1-2H3;/q;;+2/p-2. The summed E-state index contributed by atoms with van der Waals surface area (Å²) in [5.41, 5.74) is 0. The van der Waals surface area contributed by atoms with Crippen molar-refractivity contribution >= 4 is 48.2 Å². The van der Waals surface area contributed by atoms with E-state index in [1.807, 2.05) is 0 Å². The van der Waals surface area contributed by atoms with Crippen LogP contribution >= 0.6 is 17.9 Å². The summed E-state index contributed by atoms with van der Waals surface area (Å²) in [6.45, 7) is 9.78. The van der Waals surface area contributed by atoms with Gasteiger partial charge < -0.3 is 0 Å². The molecular formula is C20H38O4S2Sn. The Morgan fingerprint density at radius 1 is 0.778 bits per heavy atom. The van der Waals surface area contributed by atoms with Gasteiger partial charge in [-0.1, -0.05) is 0 Å². The monoisotopic (exact) mass is 526 g/mol. The van der Waals surface area contributed by atoms with Crippen LogP contribution in [0, 0.1) is 11.8 Å². The Hall–Kier alpha value is 0.439. The molecule has 0 aromatic carbocycles. The molecule has 0 saturated heterocycles. The number of hydrogen-bond acceptors (Lipinski definition) is 6. The molecule has 0 N–H and O–H groups in total. The van der Waals surface area contributed by atoms with Crippen LogP contribution in [0.4, 0.5) is 0 Å². The Labute approximate surface area is 182 Å². The van der Waals surface area contributed by atoms with Crippen molar-refractivity contribution in [2.45, 2.75) is 79.1 Å². The minimum atomic E-state index is -0.833. The van der Waals surface area contributed by atoms with Gasteiger partial charge in [0.05, 0.1) is 0 Å². The molecule has 0 aromatic rings. The Bertz CT molecular complexity index is 349. The number of rotatable bonds is 18. The molecule has 0 aliphatic carbocycles. The first-order valence-corrected chi connectivity index (χ1v) is 19.3. The second kappa shape index (κ2) is 19.7. The average molecular weight is 525 g/mol. The van der Waals surface area contributed by atoms with Crippen LogP contribution in [-0.4, -0.2) is 55.0 Å². The molecule has 7 heteroatoms. The first kappa shape index (κ1) is 27.4. The molecule has 2 unspecified atom stereocenters. The molecule has 0 heterocycles. The van der Waals surface area contributed by atoms with Crippen molar-refractivity contribution in [1.82, 2.24) is 0 Å². The van der Waals surface area contributed by atoms with E-state index < -0.39 is 18.4 Å². The van der Waals surface area contributed by atoms with Crippen molar-refractivity contribution in [3.05, 3.63) is 0 Å². The fourth-order valence-corrected chi connectivity index (χ4v) is 10.9. The third-order valence-corrected chi connectivity index (χ3v) is 14.8. The third-order valence-electron chi connectivity index (χ3n) is 4.54. The molecule has 158 valence electrons. The summed E-state index contributed by atoms with van der Waals surface area (Å²) in [5.74, 6) is 1.61. The van der Waals surface area contributed by atoms with Crippen LogP contribution in [0.3, 0.4) is 0 Å². The SMILES string of the molecule is CCCCC(CC)COC(=O)C[S][Sn][S]CC(=O)OCC(CC)CCCC. The summed E-state index contributed by atoms with van der Waals surface area (Å²) in [7, 11) is 3.34. The van der Waals surface area contributed by atoms with E-state index in [1.165, 1.54) is 25.7 Å². The van der Waals surface area contributed by atoms with E-state index in [9.17, 15) is 9.59 Å². The maximum atomic E-state index is 11.8. The molecule has 0 saturated carbocycles. The summed E-state index contributed by atoms with van der Waals surface area (Å²) in [6.07, 6.45) is 9.17. The zero-order valence-corrected chi connectivity index (χ0v) is 22.1. The van der Waals surface area contributed by atoms with E-state index in [4.69, 9.17) is 9.47 Å². The Morgan fingerprint density at radius 2 is 1.19 bits per heavy atom. The van der Waals surface area contributed by atoms with Crippen molar-refractivity contribution in [1.29, 1.82) is 0 Å². The van der Waals surface area contributed by atoms with Crippen LogP contribution in [-0.2, 0) is 19.1 Å². The van der Waals surface area contributed by atoms with Gasteiger partial charge in [-0.3, -0.25) is 0 Å². The van der Waals surface area contributed by atoms with E-state index in [0.29, 0.717) is 36.6 Å². The quantitative estimate of drug-likeness (QED) is 0.134. The number of hydrogen-bond donors (Lipinski definition) is 0. The average Bonchev–Trinajstić information content (AvgIpc) is 2.68. The number of carbonyl (C=O) groups is 2. The molecule has 27 heavy (non-hydrogen) atoms. The number of carbonyl (C=O) groups excluding carboxylic acids is 2. The first-order valence-electron chi connectivity index (χ1n) is 10.4. The van der Waals surface area contributed by atoms with Crippen LogP contribution in [0.25, 0.3) is 0 Å². The molecule has 0 amide bonds. The zero-order valence-electron chi connectivity index (χ0n) is 17.6. The summed E-state index contributed by atoms with van der Waals surface area (Å²) in [6, 6.07) is 0. The van der Waals surface area contributed by atoms with Gasteiger partial charge in [-0.15, -0.1) is 0 Å². The molecule has 0 bridgehead atoms. The topological polar surface area (TPSA) is 52.6 Å². The minimum absolute atomic E-state index is 0.110. The fourth-order valence-electron chi connectivity index (χ4n) is 2.52. The summed E-state index contributed by atoms with van der Waals surface area (Å²) in [4.78, 5) is 23.6. The van der Waals surface area contributed by atoms with Crippen LogP contribution in [0.5, 0.6) is 0 Å². The molecule has 0 aliphatic heterocycles. The molecular weight excluding hydrogens is 487 g/mol. The van der Waals surface area contributed by atoms with Gasteiger partial charge in [0.1, 0.15) is 0 Å². The van der Waals surface area contributed by atoms with E-state index in [0.717, 1.165) is 25.7 Å². The number of esters is 2. The van der Waals surface area contributed by atoms with Crippen molar-refractivity contribution in [3.8, 4) is 0 Å². The predicted octanol–water partition coefficient (Wildman–Crippen LogP) is 5.51. The van der Waals surface area contributed by atoms with E-state index in [-0.39, 0.29) is 11.9 Å². The molecule has 2 radical (unpaired) electrons. The molecule has 0 rings (SSSR count). The van der Waals surface area contributed by atoms with Gasteiger partial charge in [0, 0.05) is 0 Å². The van der Waals surface area contributed by atoms with E-state index >= 15 is 0 Å². The first-order chi connectivity index (χ1) is 13.1. The van der Waals surface area contributed by atoms with Gasteiger partial charge in [0.25, 0.3) is 0 Å². The molecule has 0 aromatic heterocycles. The van der Waals surface area contributed by atoms with E-state index in [2.05, 4.69) is 27.7 Å². The van der Waals surface area contributed by atoms with Crippen molar-refractivity contribution in [2.75, 3.05) is 24.7 Å². The van der Waals surface area contributed by atoms with Gasteiger partial charge in [-0.2, -0.15) is 0 Å². The Balaban J connectivity index is 3.68. The summed E-state index contributed by atoms with van der Waals surface area (Å²) < 4.78 is 10.8. The van der Waals surface area contributed by atoms with Crippen molar-refractivity contribution in [2.24, 2.45) is 11.8 Å². The summed E-state index contributed by atoms with van der Waals surface area (Å²) >= 11 is -0.833. The third kappa shape index (κ3) is 17.0. The fraction of sp³-hybridized carbons (Fsp3) is 0.900. The van der Waals surface area contributed by atoms with Crippen LogP contribution < -0.4 is 0 Å². The van der Waals surface area contributed by atoms with Crippen molar-refractivity contribution < 1.29 is 19.1 Å². The Morgan fingerprint density at radius 3 is 1.52 bits per heavy atom. The van der Waals surface area contributed by atoms with Crippen LogP contribution in [0.15, 0.2) is 0 Å². The van der Waals surface area contributed by atoms with Gasteiger partial charge >= 0.3 is 183 Å². The van der Waals surface area contributed by atoms with Crippen molar-refractivity contribution in [3.63, 3.8) is 0 Å². The molecule has 0 aliphatic rings. The molecule has 4 nitrogen and oxygen atoms in total. The second-order valence-corrected chi connectivity index (χ2v) is 17.9. The number of unbranched alkanes of at least 4 members (excludes halogenated alkanes) is 2. The van der Waals surface area contributed by atoms with E-state index in [1.54, 1.807) is 17.9 Å².